The number of aliphatic imine (C=N–C) groups is 1. The topological polar surface area (TPSA) is 60.0 Å². The van der Waals surface area contributed by atoms with Crippen LogP contribution < -0.4 is 10.6 Å². The molecule has 0 spiro atoms. The van der Waals surface area contributed by atoms with Crippen LogP contribution >= 0.6 is 24.0 Å². The molecular formula is C21H40IN5O. The Morgan fingerprint density at radius 3 is 2.36 bits per heavy atom. The van der Waals surface area contributed by atoms with Gasteiger partial charge in [-0.2, -0.15) is 0 Å². The van der Waals surface area contributed by atoms with E-state index in [1.807, 2.05) is 0 Å². The van der Waals surface area contributed by atoms with E-state index < -0.39 is 0 Å². The minimum atomic E-state index is 0. The van der Waals surface area contributed by atoms with Gasteiger partial charge in [0.25, 0.3) is 0 Å². The Morgan fingerprint density at radius 2 is 1.79 bits per heavy atom. The first-order valence-electron chi connectivity index (χ1n) is 10.6. The number of guanidine groups is 1. The second-order valence-electron chi connectivity index (χ2n) is 8.49. The van der Waals surface area contributed by atoms with Gasteiger partial charge in [0, 0.05) is 46.3 Å². The lowest BCUT2D eigenvalue weighted by Crippen LogP contribution is -2.50. The lowest BCUT2D eigenvalue weighted by molar-refractivity contribution is -0.127. The number of hydrogen-bond acceptors (Lipinski definition) is 3. The highest BCUT2D eigenvalue weighted by Gasteiger charge is 2.21. The number of carbonyl (C=O) groups is 1. The van der Waals surface area contributed by atoms with Crippen molar-refractivity contribution in [2.75, 3.05) is 46.8 Å². The lowest BCUT2D eigenvalue weighted by Gasteiger charge is -2.33. The minimum absolute atomic E-state index is 0. The van der Waals surface area contributed by atoms with Crippen molar-refractivity contribution in [1.82, 2.24) is 20.4 Å². The summed E-state index contributed by atoms with van der Waals surface area (Å²) in [6.07, 6.45) is 8.85. The number of piperidine rings is 1. The zero-order chi connectivity index (χ0) is 19.6. The fourth-order valence-corrected chi connectivity index (χ4v) is 3.88. The van der Waals surface area contributed by atoms with Crippen molar-refractivity contribution in [3.63, 3.8) is 0 Å². The van der Waals surface area contributed by atoms with E-state index >= 15 is 0 Å². The molecule has 1 aliphatic heterocycles. The van der Waals surface area contributed by atoms with Crippen molar-refractivity contribution < 1.29 is 4.79 Å². The van der Waals surface area contributed by atoms with Crippen LogP contribution in [0.1, 0.15) is 51.9 Å². The molecule has 0 atom stereocenters. The zero-order valence-corrected chi connectivity index (χ0v) is 20.3. The summed E-state index contributed by atoms with van der Waals surface area (Å²) in [6, 6.07) is 0.415. The molecule has 0 bridgehead atoms. The highest BCUT2D eigenvalue weighted by molar-refractivity contribution is 14.0. The maximum Gasteiger partial charge on any atom is 0.243 e. The number of amides is 1. The summed E-state index contributed by atoms with van der Waals surface area (Å²) < 4.78 is 0. The van der Waals surface area contributed by atoms with Crippen molar-refractivity contribution in [2.45, 2.75) is 57.9 Å². The van der Waals surface area contributed by atoms with Crippen molar-refractivity contribution in [1.29, 1.82) is 0 Å². The molecule has 1 aliphatic carbocycles. The molecule has 0 radical (unpaired) electrons. The van der Waals surface area contributed by atoms with E-state index in [4.69, 9.17) is 0 Å². The molecule has 0 aromatic carbocycles. The zero-order valence-electron chi connectivity index (χ0n) is 18.0. The molecule has 162 valence electrons. The van der Waals surface area contributed by atoms with Crippen molar-refractivity contribution in [2.24, 2.45) is 10.9 Å². The maximum absolute atomic E-state index is 11.9. The van der Waals surface area contributed by atoms with Crippen molar-refractivity contribution >= 4 is 35.8 Å². The first kappa shape index (κ1) is 25.2. The van der Waals surface area contributed by atoms with Crippen LogP contribution in [0, 0.1) is 5.92 Å². The molecule has 2 fully saturated rings. The average molecular weight is 505 g/mol. The van der Waals surface area contributed by atoms with Crippen LogP contribution in [0.5, 0.6) is 0 Å². The van der Waals surface area contributed by atoms with Gasteiger partial charge in [-0.05, 0) is 38.5 Å². The monoisotopic (exact) mass is 505 g/mol. The molecule has 1 saturated carbocycles. The van der Waals surface area contributed by atoms with E-state index in [0.717, 1.165) is 50.9 Å². The summed E-state index contributed by atoms with van der Waals surface area (Å²) in [4.78, 5) is 20.6. The molecule has 1 amide bonds. The fourth-order valence-electron chi connectivity index (χ4n) is 3.88. The number of nitrogens with zero attached hydrogens (tertiary/aromatic N) is 3. The van der Waals surface area contributed by atoms with Gasteiger partial charge in [0.1, 0.15) is 6.54 Å². The minimum Gasteiger partial charge on any atom is -0.356 e. The Balaban J connectivity index is 0.00000392. The standard InChI is InChI=1S/C21H39N5O.HI/c1-17(2)16-26-12-10-19(11-13-26)24-21(23-15-20(27)25(3)4)22-14-18-8-6-5-7-9-18;/h18-19H,1,5-16H2,2-4H3,(H2,22,23,24);1H. The summed E-state index contributed by atoms with van der Waals surface area (Å²) >= 11 is 0. The van der Waals surface area contributed by atoms with Gasteiger partial charge >= 0.3 is 0 Å². The molecule has 1 saturated heterocycles. The van der Waals surface area contributed by atoms with Gasteiger partial charge < -0.3 is 15.5 Å². The van der Waals surface area contributed by atoms with E-state index in [1.54, 1.807) is 19.0 Å². The molecule has 0 aromatic heterocycles. The number of likely N-dealkylation sites (N-methyl/N-ethyl adjacent to an activating group) is 1. The Morgan fingerprint density at radius 1 is 1.14 bits per heavy atom. The number of carbonyl (C=O) groups excluding carboxylic acids is 1. The van der Waals surface area contributed by atoms with Crippen molar-refractivity contribution in [3.8, 4) is 0 Å². The van der Waals surface area contributed by atoms with E-state index in [2.05, 4.69) is 34.0 Å². The molecule has 6 nitrogen and oxygen atoms in total. The largest absolute Gasteiger partial charge is 0.356 e. The lowest BCUT2D eigenvalue weighted by atomic mass is 9.89. The number of hydrogen-bond donors (Lipinski definition) is 2. The number of halogens is 1. The van der Waals surface area contributed by atoms with Gasteiger partial charge in [0.05, 0.1) is 0 Å². The highest BCUT2D eigenvalue weighted by Crippen LogP contribution is 2.22. The molecule has 0 unspecified atom stereocenters. The van der Waals surface area contributed by atoms with Gasteiger partial charge in [-0.3, -0.25) is 9.69 Å². The van der Waals surface area contributed by atoms with Crippen LogP contribution in [0.15, 0.2) is 17.1 Å². The Kier molecular flexibility index (Phi) is 12.1. The molecule has 2 N–H and O–H groups in total. The molecule has 28 heavy (non-hydrogen) atoms. The molecule has 2 rings (SSSR count). The first-order valence-corrected chi connectivity index (χ1v) is 10.6. The molecule has 1 heterocycles. The van der Waals surface area contributed by atoms with Crippen LogP contribution in [0.25, 0.3) is 0 Å². The molecular weight excluding hydrogens is 465 g/mol. The second kappa shape index (κ2) is 13.4. The summed E-state index contributed by atoms with van der Waals surface area (Å²) in [5.41, 5.74) is 1.22. The molecule has 2 aliphatic rings. The third-order valence-electron chi connectivity index (χ3n) is 5.58. The van der Waals surface area contributed by atoms with Gasteiger partial charge in [0.15, 0.2) is 5.96 Å². The average Bonchev–Trinajstić information content (AvgIpc) is 2.65. The van der Waals surface area contributed by atoms with E-state index in [9.17, 15) is 4.79 Å². The molecule has 0 aromatic rings. The Hall–Kier alpha value is -0.830. The summed E-state index contributed by atoms with van der Waals surface area (Å²) in [5, 5.41) is 7.10. The van der Waals surface area contributed by atoms with Gasteiger partial charge in [0.2, 0.25) is 5.91 Å². The Bertz CT molecular complexity index is 509. The van der Waals surface area contributed by atoms with Crippen LogP contribution in [-0.2, 0) is 4.79 Å². The highest BCUT2D eigenvalue weighted by atomic mass is 127. The summed E-state index contributed by atoms with van der Waals surface area (Å²) in [5.74, 6) is 1.56. The quantitative estimate of drug-likeness (QED) is 0.242. The van der Waals surface area contributed by atoms with Crippen LogP contribution in [0.2, 0.25) is 0 Å². The van der Waals surface area contributed by atoms with Crippen LogP contribution in [0.3, 0.4) is 0 Å². The predicted molar refractivity (Wildman–Crippen MR) is 128 cm³/mol. The van der Waals surface area contributed by atoms with Crippen LogP contribution in [-0.4, -0.2) is 74.5 Å². The van der Waals surface area contributed by atoms with Crippen molar-refractivity contribution in [3.05, 3.63) is 12.2 Å². The number of nitrogens with one attached hydrogen (secondary N) is 2. The van der Waals surface area contributed by atoms with Gasteiger partial charge in [-0.15, -0.1) is 24.0 Å². The van der Waals surface area contributed by atoms with Crippen LogP contribution in [0.4, 0.5) is 0 Å². The number of rotatable bonds is 7. The van der Waals surface area contributed by atoms with E-state index in [-0.39, 0.29) is 36.4 Å². The maximum atomic E-state index is 11.9. The van der Waals surface area contributed by atoms with E-state index in [1.165, 1.54) is 37.7 Å². The molecule has 7 heteroatoms. The van der Waals surface area contributed by atoms with Gasteiger partial charge in [-0.1, -0.05) is 31.4 Å². The summed E-state index contributed by atoms with van der Waals surface area (Å²) in [6.45, 7) is 10.4. The third kappa shape index (κ3) is 9.58. The third-order valence-corrected chi connectivity index (χ3v) is 5.58. The van der Waals surface area contributed by atoms with E-state index in [0.29, 0.717) is 6.04 Å². The number of likely N-dealkylation sites (tertiary alicyclic amines) is 1. The second-order valence-corrected chi connectivity index (χ2v) is 8.49. The normalized spacial score (nSPS) is 19.6. The smallest absolute Gasteiger partial charge is 0.243 e. The SMILES string of the molecule is C=C(C)CN1CCC(NC(=NCC(=O)N(C)C)NCC2CCCCC2)CC1.I. The Labute approximate surface area is 188 Å². The first-order chi connectivity index (χ1) is 12.9. The fraction of sp³-hybridized carbons (Fsp3) is 0.810. The van der Waals surface area contributed by atoms with Gasteiger partial charge in [-0.25, -0.2) is 4.99 Å². The summed E-state index contributed by atoms with van der Waals surface area (Å²) in [7, 11) is 3.55. The predicted octanol–water partition coefficient (Wildman–Crippen LogP) is 2.85.